The van der Waals surface area contributed by atoms with Gasteiger partial charge in [-0.3, -0.25) is 4.79 Å². The van der Waals surface area contributed by atoms with Crippen molar-refractivity contribution in [1.29, 1.82) is 0 Å². The van der Waals surface area contributed by atoms with Gasteiger partial charge in [0.15, 0.2) is 0 Å². The normalized spacial score (nSPS) is 14.1. The average molecular weight is 240 g/mol. The van der Waals surface area contributed by atoms with Crippen LogP contribution in [-0.2, 0) is 9.53 Å². The van der Waals surface area contributed by atoms with E-state index < -0.39 is 18.2 Å². The molecule has 17 heavy (non-hydrogen) atoms. The van der Waals surface area contributed by atoms with Crippen molar-refractivity contribution in [1.82, 2.24) is 0 Å². The van der Waals surface area contributed by atoms with Crippen LogP contribution in [0.25, 0.3) is 0 Å². The lowest BCUT2D eigenvalue weighted by molar-refractivity contribution is -0.144. The average Bonchev–Trinajstić information content (AvgIpc) is 2.26. The summed E-state index contributed by atoms with van der Waals surface area (Å²) >= 11 is 0. The SMILES string of the molecule is COC(=O)CC(O)C(O)c1cc(C)cc(O)c1. The summed E-state index contributed by atoms with van der Waals surface area (Å²) in [6.45, 7) is 1.75. The minimum absolute atomic E-state index is 0.00400. The predicted molar refractivity (Wildman–Crippen MR) is 60.4 cm³/mol. The van der Waals surface area contributed by atoms with E-state index in [1.807, 2.05) is 0 Å². The molecule has 0 amide bonds. The quantitative estimate of drug-likeness (QED) is 0.673. The number of ether oxygens (including phenoxy) is 1. The minimum Gasteiger partial charge on any atom is -0.508 e. The first-order chi connectivity index (χ1) is 7.93. The van der Waals surface area contributed by atoms with Crippen molar-refractivity contribution in [2.24, 2.45) is 0 Å². The zero-order valence-electron chi connectivity index (χ0n) is 9.75. The van der Waals surface area contributed by atoms with Crippen molar-refractivity contribution < 1.29 is 24.9 Å². The second-order valence-electron chi connectivity index (χ2n) is 3.89. The number of hydrogen-bond donors (Lipinski definition) is 3. The molecular weight excluding hydrogens is 224 g/mol. The molecule has 0 aromatic heterocycles. The van der Waals surface area contributed by atoms with Gasteiger partial charge in [0.25, 0.3) is 0 Å². The van der Waals surface area contributed by atoms with Crippen LogP contribution in [0, 0.1) is 6.92 Å². The van der Waals surface area contributed by atoms with E-state index in [2.05, 4.69) is 4.74 Å². The molecule has 2 unspecified atom stereocenters. The third kappa shape index (κ3) is 3.72. The van der Waals surface area contributed by atoms with Gasteiger partial charge in [-0.05, 0) is 30.2 Å². The standard InChI is InChI=1S/C12H16O5/c1-7-3-8(5-9(13)4-7)12(16)10(14)6-11(15)17-2/h3-5,10,12-14,16H,6H2,1-2H3. The Labute approximate surface area is 99.3 Å². The minimum atomic E-state index is -1.26. The van der Waals surface area contributed by atoms with Gasteiger partial charge in [-0.15, -0.1) is 0 Å². The smallest absolute Gasteiger partial charge is 0.308 e. The number of benzene rings is 1. The number of aliphatic hydroxyl groups is 2. The zero-order valence-corrected chi connectivity index (χ0v) is 9.75. The number of aliphatic hydroxyl groups excluding tert-OH is 2. The highest BCUT2D eigenvalue weighted by molar-refractivity contribution is 5.69. The molecule has 1 aromatic rings. The van der Waals surface area contributed by atoms with Gasteiger partial charge in [0.2, 0.25) is 0 Å². The highest BCUT2D eigenvalue weighted by Crippen LogP contribution is 2.24. The van der Waals surface area contributed by atoms with E-state index in [4.69, 9.17) is 0 Å². The first-order valence-corrected chi connectivity index (χ1v) is 5.17. The third-order valence-electron chi connectivity index (χ3n) is 2.39. The highest BCUT2D eigenvalue weighted by Gasteiger charge is 2.22. The number of aryl methyl sites for hydroxylation is 1. The molecule has 1 aromatic carbocycles. The van der Waals surface area contributed by atoms with Crippen molar-refractivity contribution in [3.8, 4) is 5.75 Å². The number of phenols is 1. The maximum atomic E-state index is 10.9. The van der Waals surface area contributed by atoms with Gasteiger partial charge in [0.05, 0.1) is 19.6 Å². The van der Waals surface area contributed by atoms with Crippen molar-refractivity contribution >= 4 is 5.97 Å². The fraction of sp³-hybridized carbons (Fsp3) is 0.417. The topological polar surface area (TPSA) is 87.0 Å². The van der Waals surface area contributed by atoms with E-state index in [1.165, 1.54) is 19.2 Å². The monoisotopic (exact) mass is 240 g/mol. The molecule has 0 aliphatic rings. The van der Waals surface area contributed by atoms with E-state index in [-0.39, 0.29) is 12.2 Å². The van der Waals surface area contributed by atoms with Crippen molar-refractivity contribution in [3.05, 3.63) is 29.3 Å². The molecule has 0 fully saturated rings. The molecule has 0 aliphatic heterocycles. The molecule has 0 heterocycles. The lowest BCUT2D eigenvalue weighted by atomic mass is 10.00. The molecule has 94 valence electrons. The second kappa shape index (κ2) is 5.65. The molecule has 0 aliphatic carbocycles. The number of hydrogen-bond acceptors (Lipinski definition) is 5. The Kier molecular flexibility index (Phi) is 4.48. The summed E-state index contributed by atoms with van der Waals surface area (Å²) in [4.78, 5) is 10.9. The number of esters is 1. The van der Waals surface area contributed by atoms with Crippen LogP contribution in [0.15, 0.2) is 18.2 Å². The predicted octanol–water partition coefficient (Wildman–Crippen LogP) is 0.658. The molecule has 0 radical (unpaired) electrons. The largest absolute Gasteiger partial charge is 0.508 e. The zero-order chi connectivity index (χ0) is 13.0. The van der Waals surface area contributed by atoms with Gasteiger partial charge in [-0.2, -0.15) is 0 Å². The van der Waals surface area contributed by atoms with Gasteiger partial charge in [0.1, 0.15) is 11.9 Å². The number of phenolic OH excluding ortho intramolecular Hbond substituents is 1. The van der Waals surface area contributed by atoms with Crippen LogP contribution in [-0.4, -0.2) is 34.5 Å². The van der Waals surface area contributed by atoms with E-state index in [9.17, 15) is 20.1 Å². The summed E-state index contributed by atoms with van der Waals surface area (Å²) in [5.41, 5.74) is 1.11. The number of carbonyl (C=O) groups excluding carboxylic acids is 1. The van der Waals surface area contributed by atoms with E-state index >= 15 is 0 Å². The Morgan fingerprint density at radius 1 is 1.35 bits per heavy atom. The molecule has 5 nitrogen and oxygen atoms in total. The maximum absolute atomic E-state index is 10.9. The molecule has 2 atom stereocenters. The lowest BCUT2D eigenvalue weighted by Gasteiger charge is -2.17. The van der Waals surface area contributed by atoms with Crippen molar-refractivity contribution in [2.75, 3.05) is 7.11 Å². The van der Waals surface area contributed by atoms with Crippen LogP contribution in [0.1, 0.15) is 23.7 Å². The summed E-state index contributed by atoms with van der Waals surface area (Å²) in [6, 6.07) is 4.51. The number of rotatable bonds is 4. The first kappa shape index (κ1) is 13.5. The molecule has 5 heteroatoms. The summed E-state index contributed by atoms with van der Waals surface area (Å²) < 4.78 is 4.39. The maximum Gasteiger partial charge on any atom is 0.308 e. The van der Waals surface area contributed by atoms with Gasteiger partial charge in [-0.25, -0.2) is 0 Å². The highest BCUT2D eigenvalue weighted by atomic mass is 16.5. The van der Waals surface area contributed by atoms with E-state index in [0.717, 1.165) is 5.56 Å². The van der Waals surface area contributed by atoms with Crippen LogP contribution in [0.5, 0.6) is 5.75 Å². The van der Waals surface area contributed by atoms with Crippen LogP contribution in [0.4, 0.5) is 0 Å². The molecule has 0 bridgehead atoms. The lowest BCUT2D eigenvalue weighted by Crippen LogP contribution is -2.22. The summed E-state index contributed by atoms with van der Waals surface area (Å²) in [7, 11) is 1.21. The van der Waals surface area contributed by atoms with Gasteiger partial charge >= 0.3 is 5.97 Å². The van der Waals surface area contributed by atoms with Crippen LogP contribution in [0.3, 0.4) is 0 Å². The Hall–Kier alpha value is -1.59. The van der Waals surface area contributed by atoms with Gasteiger partial charge in [0, 0.05) is 0 Å². The molecule has 0 saturated heterocycles. The van der Waals surface area contributed by atoms with Crippen LogP contribution < -0.4 is 0 Å². The third-order valence-corrected chi connectivity index (χ3v) is 2.39. The van der Waals surface area contributed by atoms with Crippen molar-refractivity contribution in [3.63, 3.8) is 0 Å². The Morgan fingerprint density at radius 3 is 2.53 bits per heavy atom. The summed E-state index contributed by atoms with van der Waals surface area (Å²) in [6.07, 6.45) is -2.80. The number of aromatic hydroxyl groups is 1. The molecule has 0 spiro atoms. The van der Waals surface area contributed by atoms with Crippen LogP contribution in [0.2, 0.25) is 0 Å². The summed E-state index contributed by atoms with van der Waals surface area (Å²) in [5.74, 6) is -0.599. The van der Waals surface area contributed by atoms with E-state index in [0.29, 0.717) is 5.56 Å². The Bertz CT molecular complexity index is 382. The van der Waals surface area contributed by atoms with E-state index in [1.54, 1.807) is 13.0 Å². The fourth-order valence-corrected chi connectivity index (χ4v) is 1.55. The first-order valence-electron chi connectivity index (χ1n) is 5.17. The Morgan fingerprint density at radius 2 is 2.00 bits per heavy atom. The molecular formula is C12H16O5. The number of methoxy groups -OCH3 is 1. The van der Waals surface area contributed by atoms with Crippen molar-refractivity contribution in [2.45, 2.75) is 25.6 Å². The van der Waals surface area contributed by atoms with Crippen LogP contribution >= 0.6 is 0 Å². The summed E-state index contributed by atoms with van der Waals surface area (Å²) in [5, 5.41) is 28.8. The number of carbonyl (C=O) groups is 1. The molecule has 0 saturated carbocycles. The second-order valence-corrected chi connectivity index (χ2v) is 3.89. The fourth-order valence-electron chi connectivity index (χ4n) is 1.55. The molecule has 3 N–H and O–H groups in total. The Balaban J connectivity index is 2.80. The van der Waals surface area contributed by atoms with Gasteiger partial charge in [-0.1, -0.05) is 6.07 Å². The molecule has 1 rings (SSSR count). The van der Waals surface area contributed by atoms with Gasteiger partial charge < -0.3 is 20.1 Å².